The zero-order chi connectivity index (χ0) is 15.5. The van der Waals surface area contributed by atoms with Crippen molar-refractivity contribution in [2.75, 3.05) is 18.6 Å². The van der Waals surface area contributed by atoms with Crippen LogP contribution in [0.4, 0.5) is 0 Å². The van der Waals surface area contributed by atoms with E-state index in [-0.39, 0.29) is 11.9 Å². The number of amides is 1. The summed E-state index contributed by atoms with van der Waals surface area (Å²) in [6.45, 7) is 5.78. The molecule has 21 heavy (non-hydrogen) atoms. The van der Waals surface area contributed by atoms with Crippen molar-refractivity contribution in [3.63, 3.8) is 0 Å². The summed E-state index contributed by atoms with van der Waals surface area (Å²) in [5.74, 6) is 0.912. The van der Waals surface area contributed by atoms with Crippen LogP contribution in [0.5, 0.6) is 0 Å². The third-order valence-electron chi connectivity index (χ3n) is 3.54. The number of carbonyl (C=O) groups is 1. The Balaban J connectivity index is 2.43. The molecule has 1 atom stereocenters. The topological polar surface area (TPSA) is 41.1 Å². The molecule has 3 nitrogen and oxygen atoms in total. The second-order valence-corrected chi connectivity index (χ2v) is 6.22. The van der Waals surface area contributed by atoms with Gasteiger partial charge in [-0.2, -0.15) is 11.8 Å². The van der Waals surface area contributed by atoms with Crippen LogP contribution >= 0.6 is 11.8 Å². The van der Waals surface area contributed by atoms with Gasteiger partial charge in [0.2, 0.25) is 5.91 Å². The summed E-state index contributed by atoms with van der Waals surface area (Å²) in [7, 11) is 0. The van der Waals surface area contributed by atoms with Gasteiger partial charge >= 0.3 is 0 Å². The second kappa shape index (κ2) is 10.7. The van der Waals surface area contributed by atoms with Crippen LogP contribution < -0.4 is 10.6 Å². The molecule has 1 rings (SSSR count). The molecule has 0 aliphatic carbocycles. The first-order chi connectivity index (χ1) is 10.2. The molecule has 0 saturated heterocycles. The third-order valence-corrected chi connectivity index (χ3v) is 4.20. The minimum atomic E-state index is -0.0964. The van der Waals surface area contributed by atoms with Crippen LogP contribution in [-0.4, -0.2) is 30.5 Å². The van der Waals surface area contributed by atoms with Crippen molar-refractivity contribution >= 4 is 17.7 Å². The summed E-state index contributed by atoms with van der Waals surface area (Å²) in [6.07, 6.45) is 5.58. The van der Waals surface area contributed by atoms with E-state index in [0.717, 1.165) is 18.7 Å². The van der Waals surface area contributed by atoms with Gasteiger partial charge in [-0.25, -0.2) is 0 Å². The standard InChI is InChI=1S/C17H28N2OS/c1-4-5-8-11-18-16(13-21-3)17(20)19-12-15-10-7-6-9-14(15)2/h6-7,9-10,16,18H,4-5,8,11-13H2,1-3H3,(H,19,20). The molecular formula is C17H28N2OS. The lowest BCUT2D eigenvalue weighted by Crippen LogP contribution is -2.46. The summed E-state index contributed by atoms with van der Waals surface area (Å²) in [5, 5.41) is 6.42. The number of benzene rings is 1. The predicted molar refractivity (Wildman–Crippen MR) is 92.7 cm³/mol. The summed E-state index contributed by atoms with van der Waals surface area (Å²) in [4.78, 5) is 12.3. The van der Waals surface area contributed by atoms with E-state index < -0.39 is 0 Å². The van der Waals surface area contributed by atoms with E-state index in [1.165, 1.54) is 24.0 Å². The lowest BCUT2D eigenvalue weighted by molar-refractivity contribution is -0.122. The normalized spacial score (nSPS) is 12.1. The second-order valence-electron chi connectivity index (χ2n) is 5.31. The Morgan fingerprint density at radius 2 is 2.05 bits per heavy atom. The van der Waals surface area contributed by atoms with Crippen LogP contribution in [0.25, 0.3) is 0 Å². The molecule has 1 aromatic carbocycles. The van der Waals surface area contributed by atoms with Crippen LogP contribution in [0, 0.1) is 6.92 Å². The zero-order valence-electron chi connectivity index (χ0n) is 13.4. The van der Waals surface area contributed by atoms with Crippen molar-refractivity contribution < 1.29 is 4.79 Å². The molecule has 0 fully saturated rings. The fraction of sp³-hybridized carbons (Fsp3) is 0.588. The SMILES string of the molecule is CCCCCNC(CSC)C(=O)NCc1ccccc1C. The highest BCUT2D eigenvalue weighted by Gasteiger charge is 2.16. The van der Waals surface area contributed by atoms with E-state index in [4.69, 9.17) is 0 Å². The number of aryl methyl sites for hydroxylation is 1. The van der Waals surface area contributed by atoms with Gasteiger partial charge in [0.25, 0.3) is 0 Å². The van der Waals surface area contributed by atoms with Crippen LogP contribution in [0.2, 0.25) is 0 Å². The molecule has 4 heteroatoms. The number of thioether (sulfide) groups is 1. The molecule has 0 bridgehead atoms. The van der Waals surface area contributed by atoms with E-state index in [0.29, 0.717) is 6.54 Å². The Labute approximate surface area is 133 Å². The van der Waals surface area contributed by atoms with Gasteiger partial charge in [-0.05, 0) is 37.3 Å². The smallest absolute Gasteiger partial charge is 0.238 e. The Morgan fingerprint density at radius 3 is 2.71 bits per heavy atom. The highest BCUT2D eigenvalue weighted by atomic mass is 32.2. The fourth-order valence-electron chi connectivity index (χ4n) is 2.16. The lowest BCUT2D eigenvalue weighted by Gasteiger charge is -2.18. The van der Waals surface area contributed by atoms with Gasteiger partial charge < -0.3 is 10.6 Å². The monoisotopic (exact) mass is 308 g/mol. The number of carbonyl (C=O) groups excluding carboxylic acids is 1. The van der Waals surface area contributed by atoms with Crippen molar-refractivity contribution in [1.29, 1.82) is 0 Å². The van der Waals surface area contributed by atoms with E-state index in [9.17, 15) is 4.79 Å². The van der Waals surface area contributed by atoms with Gasteiger partial charge in [0.1, 0.15) is 0 Å². The summed E-state index contributed by atoms with van der Waals surface area (Å²) in [5.41, 5.74) is 2.40. The quantitative estimate of drug-likeness (QED) is 0.653. The maximum atomic E-state index is 12.3. The maximum Gasteiger partial charge on any atom is 0.238 e. The van der Waals surface area contributed by atoms with Gasteiger partial charge in [-0.15, -0.1) is 0 Å². The van der Waals surface area contributed by atoms with E-state index in [1.54, 1.807) is 11.8 Å². The number of hydrogen-bond acceptors (Lipinski definition) is 3. The Kier molecular flexibility index (Phi) is 9.19. The molecule has 0 radical (unpaired) electrons. The lowest BCUT2D eigenvalue weighted by atomic mass is 10.1. The number of nitrogens with one attached hydrogen (secondary N) is 2. The highest BCUT2D eigenvalue weighted by molar-refractivity contribution is 7.98. The molecule has 0 aliphatic rings. The molecule has 1 amide bonds. The van der Waals surface area contributed by atoms with Gasteiger partial charge in [0.15, 0.2) is 0 Å². The Bertz CT molecular complexity index is 423. The largest absolute Gasteiger partial charge is 0.351 e. The predicted octanol–water partition coefficient (Wildman–Crippen LogP) is 3.12. The first-order valence-electron chi connectivity index (χ1n) is 7.73. The number of rotatable bonds is 10. The molecule has 0 spiro atoms. The third kappa shape index (κ3) is 7.00. The fourth-order valence-corrected chi connectivity index (χ4v) is 2.76. The highest BCUT2D eigenvalue weighted by Crippen LogP contribution is 2.06. The van der Waals surface area contributed by atoms with Crippen LogP contribution in [0.1, 0.15) is 37.3 Å². The Hall–Kier alpha value is -1.00. The van der Waals surface area contributed by atoms with Gasteiger partial charge in [0.05, 0.1) is 6.04 Å². The molecule has 1 unspecified atom stereocenters. The molecule has 118 valence electrons. The van der Waals surface area contributed by atoms with Crippen molar-refractivity contribution in [3.05, 3.63) is 35.4 Å². The van der Waals surface area contributed by atoms with Crippen LogP contribution in [-0.2, 0) is 11.3 Å². The van der Waals surface area contributed by atoms with Crippen LogP contribution in [0.3, 0.4) is 0 Å². The molecule has 0 heterocycles. The first kappa shape index (κ1) is 18.1. The average molecular weight is 308 g/mol. The number of unbranched alkanes of at least 4 members (excludes halogenated alkanes) is 2. The maximum absolute atomic E-state index is 12.3. The number of hydrogen-bond donors (Lipinski definition) is 2. The first-order valence-corrected chi connectivity index (χ1v) is 9.13. The summed E-state index contributed by atoms with van der Waals surface area (Å²) < 4.78 is 0. The molecule has 2 N–H and O–H groups in total. The van der Waals surface area contributed by atoms with Gasteiger partial charge in [-0.1, -0.05) is 44.0 Å². The van der Waals surface area contributed by atoms with E-state index in [1.807, 2.05) is 18.4 Å². The van der Waals surface area contributed by atoms with Crippen molar-refractivity contribution in [2.45, 2.75) is 45.7 Å². The van der Waals surface area contributed by atoms with Crippen molar-refractivity contribution in [2.24, 2.45) is 0 Å². The molecule has 0 saturated carbocycles. The average Bonchev–Trinajstić information content (AvgIpc) is 2.49. The summed E-state index contributed by atoms with van der Waals surface area (Å²) in [6, 6.07) is 8.07. The molecule has 0 aliphatic heterocycles. The molecular weight excluding hydrogens is 280 g/mol. The van der Waals surface area contributed by atoms with Crippen LogP contribution in [0.15, 0.2) is 24.3 Å². The van der Waals surface area contributed by atoms with E-state index >= 15 is 0 Å². The molecule has 0 aromatic heterocycles. The van der Waals surface area contributed by atoms with Crippen molar-refractivity contribution in [3.8, 4) is 0 Å². The van der Waals surface area contributed by atoms with E-state index in [2.05, 4.69) is 36.6 Å². The Morgan fingerprint density at radius 1 is 1.29 bits per heavy atom. The zero-order valence-corrected chi connectivity index (χ0v) is 14.3. The van der Waals surface area contributed by atoms with Crippen molar-refractivity contribution in [1.82, 2.24) is 10.6 Å². The molecule has 1 aromatic rings. The minimum absolute atomic E-state index is 0.0964. The minimum Gasteiger partial charge on any atom is -0.351 e. The van der Waals surface area contributed by atoms with Gasteiger partial charge in [0, 0.05) is 12.3 Å². The summed E-state index contributed by atoms with van der Waals surface area (Å²) >= 11 is 1.70. The van der Waals surface area contributed by atoms with Gasteiger partial charge in [-0.3, -0.25) is 4.79 Å².